The third-order valence-corrected chi connectivity index (χ3v) is 8.38. The molecule has 0 nitrogen and oxygen atoms in total. The summed E-state index contributed by atoms with van der Waals surface area (Å²) in [5.41, 5.74) is 9.50. The lowest BCUT2D eigenvalue weighted by molar-refractivity contribution is 0.590. The molecule has 0 bridgehead atoms. The Morgan fingerprint density at radius 1 is 0.568 bits per heavy atom. The molecule has 175 valence electrons. The summed E-state index contributed by atoms with van der Waals surface area (Å²) in [5.74, 6) is 1.37. The predicted octanol–water partition coefficient (Wildman–Crippen LogP) is 8.85. The molecule has 0 saturated heterocycles. The summed E-state index contributed by atoms with van der Waals surface area (Å²) in [6.07, 6.45) is 2.43. The van der Waals surface area contributed by atoms with Crippen molar-refractivity contribution in [2.24, 2.45) is 0 Å². The smallest absolute Gasteiger partial charge is 0.0613 e. The van der Waals surface area contributed by atoms with Crippen molar-refractivity contribution in [1.29, 1.82) is 0 Å². The van der Waals surface area contributed by atoms with Crippen molar-refractivity contribution in [1.82, 2.24) is 0 Å². The zero-order chi connectivity index (χ0) is 24.9. The van der Waals surface area contributed by atoms with Crippen LogP contribution in [0.4, 0.5) is 0 Å². The average Bonchev–Trinajstić information content (AvgIpc) is 3.23. The van der Waals surface area contributed by atoms with Crippen molar-refractivity contribution in [3.63, 3.8) is 0 Å². The molecule has 0 atom stereocenters. The van der Waals surface area contributed by atoms with Gasteiger partial charge in [0.05, 0.1) is 5.92 Å². The summed E-state index contributed by atoms with van der Waals surface area (Å²) >= 11 is 0. The normalized spacial score (nSPS) is 14.9. The molecule has 0 aliphatic heterocycles. The summed E-state index contributed by atoms with van der Waals surface area (Å²) in [4.78, 5) is 0. The number of fused-ring (bicyclic) bond motifs is 5. The van der Waals surface area contributed by atoms with E-state index in [2.05, 4.69) is 130 Å². The second kappa shape index (κ2) is 7.20. The Morgan fingerprint density at radius 3 is 1.97 bits per heavy atom. The first-order valence-corrected chi connectivity index (χ1v) is 13.2. The van der Waals surface area contributed by atoms with Gasteiger partial charge in [-0.1, -0.05) is 118 Å². The van der Waals surface area contributed by atoms with Crippen LogP contribution in [0.5, 0.6) is 0 Å². The quantitative estimate of drug-likeness (QED) is 0.225. The van der Waals surface area contributed by atoms with Gasteiger partial charge in [0.25, 0.3) is 0 Å². The van der Waals surface area contributed by atoms with E-state index < -0.39 is 0 Å². The summed E-state index contributed by atoms with van der Waals surface area (Å²) in [6.45, 7) is 6.86. The van der Waals surface area contributed by atoms with Crippen LogP contribution in [0.1, 0.15) is 48.6 Å². The van der Waals surface area contributed by atoms with E-state index in [1.54, 1.807) is 0 Å². The molecule has 2 aliphatic carbocycles. The highest BCUT2D eigenvalue weighted by Gasteiger charge is 2.36. The van der Waals surface area contributed by atoms with Crippen molar-refractivity contribution in [2.75, 3.05) is 0 Å². The molecule has 1 radical (unpaired) electrons. The number of allylic oxidation sites excluding steroid dienone is 1. The second-order valence-electron chi connectivity index (χ2n) is 11.6. The van der Waals surface area contributed by atoms with Gasteiger partial charge in [-0.2, -0.15) is 0 Å². The van der Waals surface area contributed by atoms with E-state index in [0.29, 0.717) is 0 Å². The molecule has 0 amide bonds. The van der Waals surface area contributed by atoms with Gasteiger partial charge in [0.1, 0.15) is 0 Å². The number of hydrogen-bond acceptors (Lipinski definition) is 0. The maximum Gasteiger partial charge on any atom is 0.0654 e. The maximum absolute atomic E-state index is 2.43. The van der Waals surface area contributed by atoms with E-state index in [-0.39, 0.29) is 5.41 Å². The lowest BCUT2D eigenvalue weighted by Gasteiger charge is -2.25. The molecular weight excluding hydrogens is 444 g/mol. The Balaban J connectivity index is 1.55. The van der Waals surface area contributed by atoms with E-state index in [9.17, 15) is 0 Å². The molecule has 0 unspecified atom stereocenters. The van der Waals surface area contributed by atoms with E-state index in [1.165, 1.54) is 82.4 Å². The van der Waals surface area contributed by atoms with Gasteiger partial charge in [-0.15, -0.1) is 0 Å². The molecule has 0 spiro atoms. The van der Waals surface area contributed by atoms with Gasteiger partial charge >= 0.3 is 0 Å². The van der Waals surface area contributed by atoms with E-state index in [1.807, 2.05) is 0 Å². The minimum Gasteiger partial charge on any atom is -0.0613 e. The Hall–Kier alpha value is -4.16. The lowest BCUT2D eigenvalue weighted by Crippen LogP contribution is -2.13. The van der Waals surface area contributed by atoms with Gasteiger partial charge in [0, 0.05) is 0 Å². The van der Waals surface area contributed by atoms with Gasteiger partial charge in [-0.3, -0.25) is 0 Å². The van der Waals surface area contributed by atoms with Crippen LogP contribution in [0.2, 0.25) is 0 Å². The number of benzene rings is 6. The van der Waals surface area contributed by atoms with Crippen LogP contribution in [0.25, 0.3) is 49.5 Å². The zero-order valence-corrected chi connectivity index (χ0v) is 21.4. The van der Waals surface area contributed by atoms with E-state index >= 15 is 0 Å². The summed E-state index contributed by atoms with van der Waals surface area (Å²) < 4.78 is 0. The Morgan fingerprint density at radius 2 is 1.22 bits per heavy atom. The highest BCUT2D eigenvalue weighted by atomic mass is 14.4. The fourth-order valence-electron chi connectivity index (χ4n) is 6.66. The first-order chi connectivity index (χ1) is 18.0. The van der Waals surface area contributed by atoms with Crippen LogP contribution in [0.15, 0.2) is 103 Å². The highest BCUT2D eigenvalue weighted by Crippen LogP contribution is 2.51. The Kier molecular flexibility index (Phi) is 4.08. The van der Waals surface area contributed by atoms with Crippen molar-refractivity contribution in [3.8, 4) is 0 Å². The highest BCUT2D eigenvalue weighted by molar-refractivity contribution is 6.22. The lowest BCUT2D eigenvalue weighted by atomic mass is 9.77. The predicted molar refractivity (Wildman–Crippen MR) is 158 cm³/mol. The molecule has 6 aromatic rings. The van der Waals surface area contributed by atoms with Gasteiger partial charge in [0.2, 0.25) is 0 Å². The molecule has 0 aromatic heterocycles. The van der Waals surface area contributed by atoms with Crippen LogP contribution in [-0.4, -0.2) is 0 Å². The molecule has 8 rings (SSSR count). The van der Waals surface area contributed by atoms with Gasteiger partial charge in [0.15, 0.2) is 0 Å². The molecule has 2 aliphatic rings. The van der Waals surface area contributed by atoms with Crippen LogP contribution < -0.4 is 5.22 Å². The van der Waals surface area contributed by atoms with Crippen molar-refractivity contribution >= 4 is 49.5 Å². The second-order valence-corrected chi connectivity index (χ2v) is 11.6. The van der Waals surface area contributed by atoms with Crippen LogP contribution in [-0.2, 0) is 5.41 Å². The van der Waals surface area contributed by atoms with Crippen LogP contribution >= 0.6 is 0 Å². The molecule has 0 saturated carbocycles. The Bertz CT molecular complexity index is 1980. The maximum atomic E-state index is 2.43. The fraction of sp³-hybridized carbons (Fsp3) is 0.108. The standard InChI is InChI=1S/C37H27/c1-37(2,3)27-18-16-24(17-19-27)34-35-28-14-6-10-22-8-4-12-25(32(22)28)20-30(35)31-21-26-13-5-9-23-11-7-15-29(33(23)26)36(31)34/h4-21H,1-3H3. The minimum absolute atomic E-state index is 0.125. The van der Waals surface area contributed by atoms with Crippen LogP contribution in [0, 0.1) is 5.92 Å². The molecule has 0 fully saturated rings. The molecule has 0 N–H and O–H groups in total. The SMILES string of the molecule is CC(C)(C)c1ccc(C2=c3c(cc4cccc5cccc3c54)C3=Cc4cccc5cccc(c45)[C]32)cc1. The monoisotopic (exact) mass is 471 g/mol. The van der Waals surface area contributed by atoms with E-state index in [0.717, 1.165) is 0 Å². The van der Waals surface area contributed by atoms with Crippen LogP contribution in [0.3, 0.4) is 0 Å². The zero-order valence-electron chi connectivity index (χ0n) is 21.4. The molecular formula is C37H27. The van der Waals surface area contributed by atoms with Gasteiger partial charge in [-0.25, -0.2) is 0 Å². The summed E-state index contributed by atoms with van der Waals surface area (Å²) in [5, 5.41) is 9.37. The summed E-state index contributed by atoms with van der Waals surface area (Å²) in [6, 6.07) is 38.7. The van der Waals surface area contributed by atoms with Gasteiger partial charge in [-0.05, 0) is 94.1 Å². The Labute approximate surface area is 217 Å². The minimum atomic E-state index is 0.125. The largest absolute Gasteiger partial charge is 0.0654 e. The molecule has 37 heavy (non-hydrogen) atoms. The molecule has 0 heteroatoms. The molecule has 0 heterocycles. The molecule has 6 aromatic carbocycles. The van der Waals surface area contributed by atoms with Gasteiger partial charge < -0.3 is 0 Å². The number of rotatable bonds is 1. The van der Waals surface area contributed by atoms with Crippen molar-refractivity contribution in [2.45, 2.75) is 26.2 Å². The first kappa shape index (κ1) is 21.0. The van der Waals surface area contributed by atoms with Crippen molar-refractivity contribution < 1.29 is 0 Å². The van der Waals surface area contributed by atoms with Crippen molar-refractivity contribution in [3.05, 3.63) is 142 Å². The topological polar surface area (TPSA) is 0 Å². The van der Waals surface area contributed by atoms with E-state index in [4.69, 9.17) is 0 Å². The third kappa shape index (κ3) is 2.84. The fourth-order valence-corrected chi connectivity index (χ4v) is 6.66. The number of hydrogen-bond donors (Lipinski definition) is 0. The first-order valence-electron chi connectivity index (χ1n) is 13.2. The summed E-state index contributed by atoms with van der Waals surface area (Å²) in [7, 11) is 0. The average molecular weight is 472 g/mol. The third-order valence-electron chi connectivity index (χ3n) is 8.38.